The van der Waals surface area contributed by atoms with Crippen molar-refractivity contribution in [1.29, 1.82) is 0 Å². The lowest BCUT2D eigenvalue weighted by Gasteiger charge is -2.07. The molecule has 4 aromatic carbocycles. The van der Waals surface area contributed by atoms with Crippen molar-refractivity contribution in [1.82, 2.24) is 0 Å². The van der Waals surface area contributed by atoms with Crippen LogP contribution in [0.25, 0.3) is 32.9 Å². The number of fused-ring (bicyclic) bond motifs is 3. The average Bonchev–Trinajstić information content (AvgIpc) is 0.858. The van der Waals surface area contributed by atoms with Crippen LogP contribution in [-0.2, 0) is 59.4 Å². The summed E-state index contributed by atoms with van der Waals surface area (Å²) in [5, 5.41) is 92.9. The van der Waals surface area contributed by atoms with Crippen LogP contribution >= 0.6 is 0 Å². The van der Waals surface area contributed by atoms with E-state index in [1.807, 2.05) is 20.8 Å². The summed E-state index contributed by atoms with van der Waals surface area (Å²) in [7, 11) is 0. The van der Waals surface area contributed by atoms with Crippen LogP contribution in [0.3, 0.4) is 0 Å². The molecular formula is C58H63N3O29. The number of nitrogens with zero attached hydrogens (tertiary/aromatic N) is 3. The molecule has 3 aromatic heterocycles. The zero-order valence-electron chi connectivity index (χ0n) is 49.7. The zero-order valence-corrected chi connectivity index (χ0v) is 49.7. The molecule has 0 unspecified atom stereocenters. The van der Waals surface area contributed by atoms with Gasteiger partial charge in [-0.25, -0.2) is 28.8 Å². The minimum atomic E-state index is -1.50. The van der Waals surface area contributed by atoms with Gasteiger partial charge in [-0.05, 0) is 114 Å². The molecule has 7 rings (SSSR count). The van der Waals surface area contributed by atoms with Gasteiger partial charge >= 0.3 is 46.2 Å². The van der Waals surface area contributed by atoms with Crippen molar-refractivity contribution in [3.05, 3.63) is 173 Å². The summed E-state index contributed by atoms with van der Waals surface area (Å²) in [4.78, 5) is 116. The number of hydrogen-bond acceptors (Lipinski definition) is 27. The van der Waals surface area contributed by atoms with Crippen LogP contribution in [0.15, 0.2) is 100 Å². The standard InChI is InChI=1S/C14H13NO7.C14H14O5.C12H9NO7.C10H16O5.C8H10O2.HNO3/c1-3-7-5-8-6-9(13(17)21-4-2)14(18)22-12(8)10(11(7)16)15(19)20;1-3-8-5-9-6-10(13(16)18-4-2)14(17)19-12(9)7-11(8)15;1-2-5-3-6-4-7(11(15)16)12(17)20-10(6)8(9(5)14)13(18)19;1-4-11-9-10(15-13-6-3)7-8-14-12-5-2;1-2-6-3-4-7(9)5-8(6)10;2-1(3)4/h5-6,16H,3-4H2,1-2H3;5-7,15H,3-4H2,1-2H3;3-4,14H,2H2,1H3,(H,15,16);9H,4-6H2,1-3H3;3-5,9-10H,2H2,1H3;(H,2,3,4)/b;;;10-9+;;. The first-order valence-corrected chi connectivity index (χ1v) is 26.7. The van der Waals surface area contributed by atoms with E-state index in [2.05, 4.69) is 26.2 Å². The number of allylic oxidation sites excluding steroid dienone is 1. The average molecular weight is 1270 g/mol. The third-order valence-corrected chi connectivity index (χ3v) is 11.2. The molecule has 484 valence electrons. The number of rotatable bonds is 18. The van der Waals surface area contributed by atoms with Crippen LogP contribution < -0.4 is 16.9 Å². The van der Waals surface area contributed by atoms with E-state index in [-0.39, 0.29) is 74.9 Å². The van der Waals surface area contributed by atoms with Gasteiger partial charge in [-0.2, -0.15) is 9.78 Å². The number of benzene rings is 4. The Morgan fingerprint density at radius 2 is 0.978 bits per heavy atom. The first kappa shape index (κ1) is 74.6. The van der Waals surface area contributed by atoms with Gasteiger partial charge in [0.2, 0.25) is 22.7 Å². The lowest BCUT2D eigenvalue weighted by atomic mass is 10.1. The van der Waals surface area contributed by atoms with E-state index in [1.165, 1.54) is 42.7 Å². The molecule has 0 fully saturated rings. The first-order chi connectivity index (χ1) is 42.6. The lowest BCUT2D eigenvalue weighted by molar-refractivity contribution is -0.742. The van der Waals surface area contributed by atoms with Crippen molar-refractivity contribution in [2.24, 2.45) is 0 Å². The number of hydrogen-bond donors (Lipinski definition) is 7. The van der Waals surface area contributed by atoms with Crippen molar-refractivity contribution >= 4 is 62.2 Å². The van der Waals surface area contributed by atoms with E-state index >= 15 is 0 Å². The Kier molecular flexibility index (Phi) is 30.8. The summed E-state index contributed by atoms with van der Waals surface area (Å²) in [5.74, 6) is -1.12. The summed E-state index contributed by atoms with van der Waals surface area (Å²) in [6, 6.07) is 14.1. The molecular weight excluding hydrogens is 1200 g/mol. The van der Waals surface area contributed by atoms with Gasteiger partial charge < -0.3 is 68.2 Å². The van der Waals surface area contributed by atoms with Crippen LogP contribution in [0.2, 0.25) is 0 Å². The van der Waals surface area contributed by atoms with Crippen LogP contribution in [0.5, 0.6) is 28.7 Å². The number of carboxylic acid groups (broad SMARTS) is 1. The second-order valence-electron chi connectivity index (χ2n) is 17.0. The summed E-state index contributed by atoms with van der Waals surface area (Å²) < 4.78 is 29.1. The minimum Gasteiger partial charge on any atom is -0.508 e. The molecule has 0 atom stereocenters. The summed E-state index contributed by atoms with van der Waals surface area (Å²) in [5.41, 5.74) is -4.02. The normalized spacial score (nSPS) is 10.3. The summed E-state index contributed by atoms with van der Waals surface area (Å²) in [6.07, 6.45) is 5.67. The molecule has 0 amide bonds. The Balaban J connectivity index is 0.000000384. The molecule has 32 heteroatoms. The zero-order chi connectivity index (χ0) is 67.9. The molecule has 0 aliphatic rings. The quantitative estimate of drug-likeness (QED) is 0.00615. The largest absolute Gasteiger partial charge is 0.508 e. The van der Waals surface area contributed by atoms with Gasteiger partial charge in [-0.3, -0.25) is 25.1 Å². The third-order valence-electron chi connectivity index (χ3n) is 11.2. The highest BCUT2D eigenvalue weighted by Gasteiger charge is 2.28. The number of phenols is 5. The van der Waals surface area contributed by atoms with Gasteiger partial charge in [0.1, 0.15) is 45.8 Å². The summed E-state index contributed by atoms with van der Waals surface area (Å²) >= 11 is 0. The maximum atomic E-state index is 11.8. The van der Waals surface area contributed by atoms with Gasteiger partial charge in [0.05, 0.1) is 42.9 Å². The third kappa shape index (κ3) is 21.8. The highest BCUT2D eigenvalue weighted by molar-refractivity contribution is 5.97. The fourth-order valence-corrected chi connectivity index (χ4v) is 7.17. The fraction of sp³-hybridized carbons (Fsp3) is 0.310. The lowest BCUT2D eigenvalue weighted by Crippen LogP contribution is -2.16. The second-order valence-corrected chi connectivity index (χ2v) is 17.0. The number of aromatic carboxylic acids is 1. The van der Waals surface area contributed by atoms with E-state index in [1.54, 1.807) is 59.7 Å². The number of carboxylic acids is 1. The van der Waals surface area contributed by atoms with Crippen molar-refractivity contribution < 1.29 is 112 Å². The SMILES string of the molecule is CCO/C=C(\C#COOCC)OOCC.CCOC(=O)c1cc2cc(CC)c(O)c([N+](=O)[O-])c2oc1=O.CCOC(=O)c1cc2cc(CC)c(O)cc2oc1=O.CCc1cc2cc(C(=O)O)c(=O)oc2c([N+](=O)[O-])c1O.CCc1ccc(O)cc1O.O=[N+]([O-])O. The van der Waals surface area contributed by atoms with Crippen LogP contribution in [0.1, 0.15) is 116 Å². The van der Waals surface area contributed by atoms with Crippen molar-refractivity contribution in [2.45, 2.75) is 88.0 Å². The van der Waals surface area contributed by atoms with Gasteiger partial charge in [0, 0.05) is 45.3 Å². The number of carbonyl (C=O) groups is 3. The topological polar surface area (TPSA) is 477 Å². The predicted molar refractivity (Wildman–Crippen MR) is 314 cm³/mol. The highest BCUT2D eigenvalue weighted by Crippen LogP contribution is 2.39. The molecule has 0 aliphatic carbocycles. The predicted octanol–water partition coefficient (Wildman–Crippen LogP) is 9.12. The van der Waals surface area contributed by atoms with Crippen molar-refractivity contribution in [3.63, 3.8) is 0 Å². The number of aryl methyl sites for hydroxylation is 4. The Labute approximate surface area is 508 Å². The molecule has 3 heterocycles. The number of carbonyl (C=O) groups excluding carboxylic acids is 2. The molecule has 0 bridgehead atoms. The van der Waals surface area contributed by atoms with Gasteiger partial charge in [0.25, 0.3) is 10.8 Å². The molecule has 0 saturated heterocycles. The van der Waals surface area contributed by atoms with Crippen LogP contribution in [-0.4, -0.2) is 102 Å². The molecule has 7 N–H and O–H groups in total. The van der Waals surface area contributed by atoms with E-state index in [0.29, 0.717) is 50.0 Å². The van der Waals surface area contributed by atoms with E-state index < -0.39 is 83.7 Å². The number of esters is 2. The molecule has 32 nitrogen and oxygen atoms in total. The number of nitro groups is 2. The molecule has 0 aliphatic heterocycles. The van der Waals surface area contributed by atoms with E-state index in [9.17, 15) is 64.3 Å². The van der Waals surface area contributed by atoms with Gasteiger partial charge in [0.15, 0.2) is 6.11 Å². The van der Waals surface area contributed by atoms with Crippen molar-refractivity contribution in [2.75, 3.05) is 33.0 Å². The molecule has 90 heavy (non-hydrogen) atoms. The van der Waals surface area contributed by atoms with Gasteiger partial charge in [-0.1, -0.05) is 33.8 Å². The second kappa shape index (κ2) is 37.2. The number of ether oxygens (including phenoxy) is 3. The molecule has 0 radical (unpaired) electrons. The fourth-order valence-electron chi connectivity index (χ4n) is 7.17. The molecule has 7 aromatic rings. The minimum absolute atomic E-state index is 0.0713. The Morgan fingerprint density at radius 1 is 0.544 bits per heavy atom. The van der Waals surface area contributed by atoms with E-state index in [0.717, 1.165) is 23.6 Å². The highest BCUT2D eigenvalue weighted by atomic mass is 17.2. The van der Waals surface area contributed by atoms with Crippen molar-refractivity contribution in [3.8, 4) is 40.8 Å². The number of aromatic hydroxyl groups is 5. The van der Waals surface area contributed by atoms with E-state index in [4.69, 9.17) is 63.5 Å². The van der Waals surface area contributed by atoms with Gasteiger partial charge in [-0.15, -0.1) is 10.1 Å². The molecule has 0 spiro atoms. The Morgan fingerprint density at radius 3 is 1.40 bits per heavy atom. The summed E-state index contributed by atoms with van der Waals surface area (Å²) in [6.45, 7) is 17.5. The van der Waals surface area contributed by atoms with Crippen LogP contribution in [0, 0.1) is 42.4 Å². The maximum Gasteiger partial charge on any atom is 0.353 e. The number of phenolic OH excluding ortho intramolecular Hbond substituents is 5. The number of nitro benzene ring substituents is 2. The first-order valence-electron chi connectivity index (χ1n) is 26.7. The molecule has 0 saturated carbocycles. The maximum absolute atomic E-state index is 11.8. The Hall–Kier alpha value is -11.5. The van der Waals surface area contributed by atoms with Crippen LogP contribution in [0.4, 0.5) is 11.4 Å². The monoisotopic (exact) mass is 1270 g/mol. The smallest absolute Gasteiger partial charge is 0.353 e. The Bertz CT molecular complexity index is 3960.